The van der Waals surface area contributed by atoms with E-state index >= 15 is 0 Å². The summed E-state index contributed by atoms with van der Waals surface area (Å²) in [5.74, 6) is 0.191. The molecule has 0 atom stereocenters. The molecule has 19 heavy (non-hydrogen) atoms. The molecule has 1 aromatic heterocycles. The Hall–Kier alpha value is -2.33. The van der Waals surface area contributed by atoms with E-state index in [0.29, 0.717) is 5.39 Å². The maximum atomic E-state index is 10.1. The Kier molecular flexibility index (Phi) is 2.00. The predicted octanol–water partition coefficient (Wildman–Crippen LogP) is 4.01. The second-order valence-corrected chi connectivity index (χ2v) is 5.38. The van der Waals surface area contributed by atoms with Gasteiger partial charge >= 0.3 is 0 Å². The summed E-state index contributed by atoms with van der Waals surface area (Å²) in [5, 5.41) is 23.3. The summed E-state index contributed by atoms with van der Waals surface area (Å²) in [4.78, 5) is 4.28. The maximum absolute atomic E-state index is 10.1. The molecule has 92 valence electrons. The van der Waals surface area contributed by atoms with Gasteiger partial charge in [-0.2, -0.15) is 0 Å². The number of hydrogen-bond acceptors (Lipinski definition) is 4. The van der Waals surface area contributed by atoms with Crippen LogP contribution in [0.2, 0.25) is 0 Å². The van der Waals surface area contributed by atoms with Crippen molar-refractivity contribution in [1.29, 1.82) is 0 Å². The number of phenols is 2. The third kappa shape index (κ3) is 1.40. The van der Waals surface area contributed by atoms with Crippen LogP contribution in [-0.2, 0) is 0 Å². The number of benzene rings is 3. The predicted molar refractivity (Wildman–Crippen MR) is 78.0 cm³/mol. The molecule has 0 aliphatic carbocycles. The van der Waals surface area contributed by atoms with Crippen LogP contribution in [0.25, 0.3) is 31.8 Å². The zero-order valence-electron chi connectivity index (χ0n) is 9.79. The molecule has 0 fully saturated rings. The Morgan fingerprint density at radius 2 is 1.84 bits per heavy atom. The van der Waals surface area contributed by atoms with Gasteiger partial charge in [0.2, 0.25) is 0 Å². The number of thiazole rings is 1. The Bertz CT molecular complexity index is 943. The molecule has 4 aromatic rings. The van der Waals surface area contributed by atoms with E-state index in [-0.39, 0.29) is 11.5 Å². The van der Waals surface area contributed by atoms with E-state index in [1.54, 1.807) is 29.5 Å². The van der Waals surface area contributed by atoms with Crippen molar-refractivity contribution in [2.24, 2.45) is 0 Å². The number of aromatic hydroxyl groups is 2. The standard InChI is InChI=1S/C15H9NO2S/c17-12-3-1-2-9-10-6-14-11(16-7-19-14)4-8(10)5-13(18)15(9)12/h1-7,17-18H. The van der Waals surface area contributed by atoms with Crippen molar-refractivity contribution in [3.63, 3.8) is 0 Å². The van der Waals surface area contributed by atoms with E-state index in [1.807, 2.05) is 17.6 Å². The van der Waals surface area contributed by atoms with Gasteiger partial charge in [0.25, 0.3) is 0 Å². The van der Waals surface area contributed by atoms with E-state index in [0.717, 1.165) is 26.4 Å². The molecule has 0 saturated carbocycles. The van der Waals surface area contributed by atoms with Gasteiger partial charge in [-0.3, -0.25) is 0 Å². The molecule has 0 spiro atoms. The molecule has 3 aromatic carbocycles. The van der Waals surface area contributed by atoms with Gasteiger partial charge in [-0.05, 0) is 40.4 Å². The summed E-state index contributed by atoms with van der Waals surface area (Å²) in [7, 11) is 0. The van der Waals surface area contributed by atoms with Crippen LogP contribution in [-0.4, -0.2) is 15.2 Å². The SMILES string of the molecule is Oc1cccc2c1c(O)cc1cc3ncsc3cc12. The molecule has 0 aliphatic rings. The summed E-state index contributed by atoms with van der Waals surface area (Å²) in [5.41, 5.74) is 2.74. The van der Waals surface area contributed by atoms with Crippen LogP contribution >= 0.6 is 11.3 Å². The third-order valence-electron chi connectivity index (χ3n) is 3.38. The van der Waals surface area contributed by atoms with Crippen LogP contribution < -0.4 is 0 Å². The molecule has 2 N–H and O–H groups in total. The first-order valence-corrected chi connectivity index (χ1v) is 6.72. The normalized spacial score (nSPS) is 11.6. The minimum Gasteiger partial charge on any atom is -0.507 e. The van der Waals surface area contributed by atoms with Gasteiger partial charge in [0.05, 0.1) is 21.1 Å². The van der Waals surface area contributed by atoms with Crippen LogP contribution in [0.4, 0.5) is 0 Å². The summed E-state index contributed by atoms with van der Waals surface area (Å²) in [6, 6.07) is 11.0. The molecule has 0 bridgehead atoms. The Labute approximate surface area is 112 Å². The van der Waals surface area contributed by atoms with Crippen molar-refractivity contribution < 1.29 is 10.2 Å². The summed E-state index contributed by atoms with van der Waals surface area (Å²) in [6.45, 7) is 0. The molecule has 0 amide bonds. The smallest absolute Gasteiger partial charge is 0.127 e. The molecule has 4 heteroatoms. The number of rotatable bonds is 0. The molecule has 0 unspecified atom stereocenters. The molecule has 0 aliphatic heterocycles. The third-order valence-corrected chi connectivity index (χ3v) is 4.18. The lowest BCUT2D eigenvalue weighted by atomic mass is 10.0. The molecule has 0 saturated heterocycles. The average Bonchev–Trinajstić information content (AvgIpc) is 2.84. The molecule has 3 nitrogen and oxygen atoms in total. The second kappa shape index (κ2) is 3.59. The molecule has 1 heterocycles. The van der Waals surface area contributed by atoms with Gasteiger partial charge in [-0.1, -0.05) is 12.1 Å². The van der Waals surface area contributed by atoms with Crippen LogP contribution in [0.1, 0.15) is 0 Å². The van der Waals surface area contributed by atoms with Gasteiger partial charge in [0.1, 0.15) is 11.5 Å². The molecular weight excluding hydrogens is 258 g/mol. The van der Waals surface area contributed by atoms with Crippen LogP contribution in [0, 0.1) is 0 Å². The van der Waals surface area contributed by atoms with E-state index in [9.17, 15) is 10.2 Å². The van der Waals surface area contributed by atoms with Crippen LogP contribution in [0.15, 0.2) is 41.9 Å². The van der Waals surface area contributed by atoms with E-state index in [1.165, 1.54) is 0 Å². The lowest BCUT2D eigenvalue weighted by Crippen LogP contribution is -1.80. The van der Waals surface area contributed by atoms with Gasteiger partial charge in [0, 0.05) is 0 Å². The number of nitrogens with zero attached hydrogens (tertiary/aromatic N) is 1. The second-order valence-electron chi connectivity index (χ2n) is 4.49. The lowest BCUT2D eigenvalue weighted by molar-refractivity contribution is 0.464. The zero-order chi connectivity index (χ0) is 13.0. The van der Waals surface area contributed by atoms with Gasteiger partial charge in [-0.25, -0.2) is 4.98 Å². The largest absolute Gasteiger partial charge is 0.507 e. The van der Waals surface area contributed by atoms with Crippen molar-refractivity contribution in [2.75, 3.05) is 0 Å². The number of phenolic OH excluding ortho intramolecular Hbond substituents is 2. The fraction of sp³-hybridized carbons (Fsp3) is 0. The highest BCUT2D eigenvalue weighted by Crippen LogP contribution is 2.39. The molecule has 4 rings (SSSR count). The van der Waals surface area contributed by atoms with E-state index in [2.05, 4.69) is 11.1 Å². The summed E-state index contributed by atoms with van der Waals surface area (Å²) < 4.78 is 1.10. The Balaban J connectivity index is 2.32. The van der Waals surface area contributed by atoms with Crippen molar-refractivity contribution in [2.45, 2.75) is 0 Å². The topological polar surface area (TPSA) is 53.4 Å². The molecular formula is C15H9NO2S. The van der Waals surface area contributed by atoms with Gasteiger partial charge in [0.15, 0.2) is 0 Å². The highest BCUT2D eigenvalue weighted by molar-refractivity contribution is 7.16. The fourth-order valence-corrected chi connectivity index (χ4v) is 3.22. The first-order chi connectivity index (χ1) is 9.24. The van der Waals surface area contributed by atoms with Gasteiger partial charge in [-0.15, -0.1) is 11.3 Å². The maximum Gasteiger partial charge on any atom is 0.127 e. The molecule has 0 radical (unpaired) electrons. The van der Waals surface area contributed by atoms with Crippen molar-refractivity contribution in [3.8, 4) is 11.5 Å². The van der Waals surface area contributed by atoms with Gasteiger partial charge < -0.3 is 10.2 Å². The minimum absolute atomic E-state index is 0.0928. The Morgan fingerprint density at radius 3 is 2.74 bits per heavy atom. The highest BCUT2D eigenvalue weighted by Gasteiger charge is 2.10. The monoisotopic (exact) mass is 267 g/mol. The summed E-state index contributed by atoms with van der Waals surface area (Å²) in [6.07, 6.45) is 0. The minimum atomic E-state index is 0.0928. The average molecular weight is 267 g/mol. The van der Waals surface area contributed by atoms with Crippen LogP contribution in [0.3, 0.4) is 0 Å². The van der Waals surface area contributed by atoms with Crippen molar-refractivity contribution >= 4 is 43.1 Å². The van der Waals surface area contributed by atoms with E-state index < -0.39 is 0 Å². The first-order valence-electron chi connectivity index (χ1n) is 5.84. The first kappa shape index (κ1) is 10.6. The van der Waals surface area contributed by atoms with E-state index in [4.69, 9.17) is 0 Å². The van der Waals surface area contributed by atoms with Crippen molar-refractivity contribution in [3.05, 3.63) is 41.9 Å². The quantitative estimate of drug-likeness (QED) is 0.473. The highest BCUT2D eigenvalue weighted by atomic mass is 32.1. The number of fused-ring (bicyclic) bond motifs is 4. The fourth-order valence-electron chi connectivity index (χ4n) is 2.53. The number of hydrogen-bond donors (Lipinski definition) is 2. The van der Waals surface area contributed by atoms with Crippen molar-refractivity contribution in [1.82, 2.24) is 4.98 Å². The lowest BCUT2D eigenvalue weighted by Gasteiger charge is -2.08. The summed E-state index contributed by atoms with van der Waals surface area (Å²) >= 11 is 1.58. The van der Waals surface area contributed by atoms with Crippen LogP contribution in [0.5, 0.6) is 11.5 Å². The zero-order valence-corrected chi connectivity index (χ0v) is 10.6. The number of aromatic nitrogens is 1. The Morgan fingerprint density at radius 1 is 0.947 bits per heavy atom.